The van der Waals surface area contributed by atoms with Gasteiger partial charge in [-0.25, -0.2) is 0 Å². The van der Waals surface area contributed by atoms with Gasteiger partial charge in [-0.15, -0.1) is 0 Å². The Labute approximate surface area is 133 Å². The van der Waals surface area contributed by atoms with Gasteiger partial charge in [-0.1, -0.05) is 26.0 Å². The fourth-order valence-electron chi connectivity index (χ4n) is 2.32. The van der Waals surface area contributed by atoms with E-state index in [1.165, 1.54) is 0 Å². The summed E-state index contributed by atoms with van der Waals surface area (Å²) in [6, 6.07) is 7.63. The zero-order chi connectivity index (χ0) is 16.6. The molecule has 1 aromatic rings. The van der Waals surface area contributed by atoms with Gasteiger partial charge in [0.05, 0.1) is 13.7 Å². The lowest BCUT2D eigenvalue weighted by molar-refractivity contribution is -0.126. The average Bonchev–Trinajstić information content (AvgIpc) is 2.44. The van der Waals surface area contributed by atoms with Crippen LogP contribution in [0, 0.1) is 5.41 Å². The van der Waals surface area contributed by atoms with Gasteiger partial charge < -0.3 is 19.7 Å². The number of hydrogen-bond acceptors (Lipinski definition) is 4. The first-order chi connectivity index (χ1) is 10.3. The summed E-state index contributed by atoms with van der Waals surface area (Å²) in [5, 5.41) is 2.92. The normalized spacial score (nSPS) is 11.5. The minimum Gasteiger partial charge on any atom is -0.497 e. The van der Waals surface area contributed by atoms with Gasteiger partial charge in [0.1, 0.15) is 12.4 Å². The van der Waals surface area contributed by atoms with Gasteiger partial charge in [0.2, 0.25) is 5.91 Å². The molecule has 0 unspecified atom stereocenters. The van der Waals surface area contributed by atoms with Gasteiger partial charge in [-0.3, -0.25) is 4.79 Å². The third kappa shape index (κ3) is 7.43. The van der Waals surface area contributed by atoms with Crippen LogP contribution in [0.3, 0.4) is 0 Å². The second-order valence-electron chi connectivity index (χ2n) is 6.52. The minimum absolute atomic E-state index is 0.0337. The van der Waals surface area contributed by atoms with Crippen LogP contribution in [0.4, 0.5) is 0 Å². The molecular formula is C17H28N2O3. The Bertz CT molecular complexity index is 473. The maximum Gasteiger partial charge on any atom is 0.246 e. The number of benzene rings is 1. The van der Waals surface area contributed by atoms with Crippen molar-refractivity contribution in [3.8, 4) is 5.75 Å². The molecule has 22 heavy (non-hydrogen) atoms. The fourth-order valence-corrected chi connectivity index (χ4v) is 2.32. The summed E-state index contributed by atoms with van der Waals surface area (Å²) in [6.45, 7) is 6.26. The number of methoxy groups -OCH3 is 1. The van der Waals surface area contributed by atoms with E-state index < -0.39 is 0 Å². The molecule has 0 aliphatic rings. The number of rotatable bonds is 9. The number of nitrogens with zero attached hydrogens (tertiary/aromatic N) is 1. The lowest BCUT2D eigenvalue weighted by Gasteiger charge is -2.28. The third-order valence-corrected chi connectivity index (χ3v) is 3.14. The number of amides is 1. The Morgan fingerprint density at radius 3 is 2.68 bits per heavy atom. The molecule has 5 heteroatoms. The van der Waals surface area contributed by atoms with Crippen molar-refractivity contribution in [2.24, 2.45) is 5.41 Å². The molecule has 0 fully saturated rings. The van der Waals surface area contributed by atoms with Crippen LogP contribution in [0.5, 0.6) is 5.75 Å². The standard InChI is InChI=1S/C17H28N2O3/c1-17(2,13-19(3)4)12-18-16(20)11-22-10-14-7-6-8-15(9-14)21-5/h6-9H,10-13H2,1-5H3,(H,18,20). The SMILES string of the molecule is COc1cccc(COCC(=O)NCC(C)(C)CN(C)C)c1. The van der Waals surface area contributed by atoms with Crippen LogP contribution in [0.25, 0.3) is 0 Å². The third-order valence-electron chi connectivity index (χ3n) is 3.14. The van der Waals surface area contributed by atoms with Crippen LogP contribution in [-0.2, 0) is 16.1 Å². The summed E-state index contributed by atoms with van der Waals surface area (Å²) in [5.74, 6) is 0.700. The molecule has 0 aromatic heterocycles. The summed E-state index contributed by atoms with van der Waals surface area (Å²) >= 11 is 0. The number of ether oxygens (including phenoxy) is 2. The average molecular weight is 308 g/mol. The monoisotopic (exact) mass is 308 g/mol. The summed E-state index contributed by atoms with van der Waals surface area (Å²) in [4.78, 5) is 13.9. The van der Waals surface area contributed by atoms with Crippen molar-refractivity contribution in [2.75, 3.05) is 40.9 Å². The van der Waals surface area contributed by atoms with E-state index in [1.54, 1.807) is 7.11 Å². The molecule has 0 spiro atoms. The molecule has 0 aliphatic heterocycles. The van der Waals surface area contributed by atoms with Crippen molar-refractivity contribution in [3.05, 3.63) is 29.8 Å². The molecule has 5 nitrogen and oxygen atoms in total. The molecule has 0 saturated carbocycles. The number of nitrogens with one attached hydrogen (secondary N) is 1. The molecule has 0 aliphatic carbocycles. The lowest BCUT2D eigenvalue weighted by Crippen LogP contribution is -2.41. The highest BCUT2D eigenvalue weighted by Gasteiger charge is 2.19. The Hall–Kier alpha value is -1.59. The largest absolute Gasteiger partial charge is 0.497 e. The summed E-state index contributed by atoms with van der Waals surface area (Å²) < 4.78 is 10.6. The maximum absolute atomic E-state index is 11.8. The van der Waals surface area contributed by atoms with Gasteiger partial charge in [0.25, 0.3) is 0 Å². The summed E-state index contributed by atoms with van der Waals surface area (Å²) in [7, 11) is 5.69. The maximum atomic E-state index is 11.8. The van der Waals surface area contributed by atoms with Crippen LogP contribution >= 0.6 is 0 Å². The fraction of sp³-hybridized carbons (Fsp3) is 0.588. The van der Waals surface area contributed by atoms with Crippen molar-refractivity contribution < 1.29 is 14.3 Å². The molecule has 0 atom stereocenters. The molecule has 0 heterocycles. The Kier molecular flexibility index (Phi) is 7.35. The zero-order valence-electron chi connectivity index (χ0n) is 14.3. The minimum atomic E-state index is -0.0882. The predicted molar refractivity (Wildman–Crippen MR) is 88.0 cm³/mol. The Morgan fingerprint density at radius 2 is 2.05 bits per heavy atom. The molecular weight excluding hydrogens is 280 g/mol. The van der Waals surface area contributed by atoms with Crippen LogP contribution < -0.4 is 10.1 Å². The Balaban J connectivity index is 2.28. The lowest BCUT2D eigenvalue weighted by atomic mass is 9.93. The highest BCUT2D eigenvalue weighted by Crippen LogP contribution is 2.14. The first-order valence-electron chi connectivity index (χ1n) is 7.44. The van der Waals surface area contributed by atoms with Crippen LogP contribution in [-0.4, -0.2) is 51.7 Å². The molecule has 124 valence electrons. The van der Waals surface area contributed by atoms with Gasteiger partial charge in [-0.2, -0.15) is 0 Å². The second-order valence-corrected chi connectivity index (χ2v) is 6.52. The number of carbonyl (C=O) groups excluding carboxylic acids is 1. The molecule has 0 bridgehead atoms. The second kappa shape index (κ2) is 8.76. The van der Waals surface area contributed by atoms with E-state index in [2.05, 4.69) is 24.1 Å². The summed E-state index contributed by atoms with van der Waals surface area (Å²) in [5.41, 5.74) is 1.02. The summed E-state index contributed by atoms with van der Waals surface area (Å²) in [6.07, 6.45) is 0. The van der Waals surface area contributed by atoms with Crippen LogP contribution in [0.1, 0.15) is 19.4 Å². The molecule has 1 rings (SSSR count). The highest BCUT2D eigenvalue weighted by molar-refractivity contribution is 5.77. The van der Waals surface area contributed by atoms with E-state index in [0.717, 1.165) is 17.9 Å². The number of hydrogen-bond donors (Lipinski definition) is 1. The van der Waals surface area contributed by atoms with Crippen LogP contribution in [0.2, 0.25) is 0 Å². The van der Waals surface area contributed by atoms with E-state index in [4.69, 9.17) is 9.47 Å². The van der Waals surface area contributed by atoms with Gasteiger partial charge in [-0.05, 0) is 37.2 Å². The quantitative estimate of drug-likeness (QED) is 0.757. The highest BCUT2D eigenvalue weighted by atomic mass is 16.5. The predicted octanol–water partition coefficient (Wildman–Crippen LogP) is 1.92. The van der Waals surface area contributed by atoms with E-state index >= 15 is 0 Å². The van der Waals surface area contributed by atoms with E-state index in [1.807, 2.05) is 38.4 Å². The van der Waals surface area contributed by atoms with E-state index in [0.29, 0.717) is 13.2 Å². The zero-order valence-corrected chi connectivity index (χ0v) is 14.3. The van der Waals surface area contributed by atoms with Crippen molar-refractivity contribution in [1.82, 2.24) is 10.2 Å². The van der Waals surface area contributed by atoms with Gasteiger partial charge in [0, 0.05) is 13.1 Å². The van der Waals surface area contributed by atoms with Crippen LogP contribution in [0.15, 0.2) is 24.3 Å². The van der Waals surface area contributed by atoms with Crippen molar-refractivity contribution in [3.63, 3.8) is 0 Å². The smallest absolute Gasteiger partial charge is 0.246 e. The number of carbonyl (C=O) groups is 1. The molecule has 1 amide bonds. The van der Waals surface area contributed by atoms with E-state index in [9.17, 15) is 4.79 Å². The van der Waals surface area contributed by atoms with Crippen molar-refractivity contribution in [1.29, 1.82) is 0 Å². The Morgan fingerprint density at radius 1 is 1.32 bits per heavy atom. The molecule has 1 aromatic carbocycles. The molecule has 1 N–H and O–H groups in total. The topological polar surface area (TPSA) is 50.8 Å². The molecule has 0 radical (unpaired) electrons. The molecule has 0 saturated heterocycles. The van der Waals surface area contributed by atoms with Crippen molar-refractivity contribution >= 4 is 5.91 Å². The first-order valence-corrected chi connectivity index (χ1v) is 7.44. The van der Waals surface area contributed by atoms with Gasteiger partial charge in [0.15, 0.2) is 0 Å². The van der Waals surface area contributed by atoms with Gasteiger partial charge >= 0.3 is 0 Å². The first kappa shape index (κ1) is 18.5. The van der Waals surface area contributed by atoms with Crippen molar-refractivity contribution in [2.45, 2.75) is 20.5 Å². The van der Waals surface area contributed by atoms with E-state index in [-0.39, 0.29) is 17.9 Å².